The smallest absolute Gasteiger partial charge is 0.324 e. The normalized spacial score (nSPS) is 19.7. The van der Waals surface area contributed by atoms with Gasteiger partial charge in [0, 0.05) is 10.8 Å². The number of fused-ring (bicyclic) bond motifs is 2. The molecule has 0 bridgehead atoms. The number of para-hydroxylation sites is 2. The first kappa shape index (κ1) is 29.5. The second kappa shape index (κ2) is 11.2. The predicted molar refractivity (Wildman–Crippen MR) is 159 cm³/mol. The first-order chi connectivity index (χ1) is 20.5. The fourth-order valence-corrected chi connectivity index (χ4v) is 8.54. The number of carbonyl (C=O) groups excluding carboxylic acids is 3. The molecule has 0 aliphatic carbocycles. The SMILES string of the molecule is O=C(Cn1c2c(sc1=O)[C@@H](c1cccc(Cl)c1Cl)[C@@H]1C(=O)N(c3ccccc3)C(=O)[C@@H]1S2)Nc1ccccc1C(F)(F)F. The maximum absolute atomic E-state index is 13.9. The molecular weight excluding hydrogens is 646 g/mol. The van der Waals surface area contributed by atoms with E-state index in [4.69, 9.17) is 23.2 Å². The first-order valence-electron chi connectivity index (χ1n) is 12.7. The standard InChI is InChI=1S/C29H18Cl2F3N3O4S2/c30-17-11-6-9-15(22(17)31)20-21-23(26(40)37(25(21)39)14-7-2-1-3-8-14)42-27-24(20)43-28(41)36(27)13-19(38)35-18-12-5-4-10-16(18)29(32,33)34/h1-12,20-21,23H,13H2,(H,35,38)/t20-,21-,23+/m0/s1. The summed E-state index contributed by atoms with van der Waals surface area (Å²) in [5.41, 5.74) is -0.680. The van der Waals surface area contributed by atoms with E-state index >= 15 is 0 Å². The summed E-state index contributed by atoms with van der Waals surface area (Å²) in [4.78, 5) is 54.9. The summed E-state index contributed by atoms with van der Waals surface area (Å²) in [5.74, 6) is -3.66. The van der Waals surface area contributed by atoms with Crippen LogP contribution in [-0.2, 0) is 27.1 Å². The number of hydrogen-bond acceptors (Lipinski definition) is 6. The Morgan fingerprint density at radius 1 is 0.907 bits per heavy atom. The van der Waals surface area contributed by atoms with Gasteiger partial charge in [-0.3, -0.25) is 23.7 Å². The largest absolute Gasteiger partial charge is 0.418 e. The average Bonchev–Trinajstić information content (AvgIpc) is 3.41. The number of thioether (sulfide) groups is 1. The summed E-state index contributed by atoms with van der Waals surface area (Å²) < 4.78 is 41.6. The highest BCUT2D eigenvalue weighted by molar-refractivity contribution is 8.00. The monoisotopic (exact) mass is 663 g/mol. The lowest BCUT2D eigenvalue weighted by Crippen LogP contribution is -2.33. The lowest BCUT2D eigenvalue weighted by molar-refractivity contribution is -0.137. The fourth-order valence-electron chi connectivity index (χ4n) is 5.36. The van der Waals surface area contributed by atoms with Gasteiger partial charge in [0.15, 0.2) is 0 Å². The molecule has 1 aromatic heterocycles. The summed E-state index contributed by atoms with van der Waals surface area (Å²) in [6.45, 7) is -0.623. The van der Waals surface area contributed by atoms with Crippen LogP contribution in [0.1, 0.15) is 21.9 Å². The van der Waals surface area contributed by atoms with E-state index in [-0.39, 0.29) is 15.1 Å². The highest BCUT2D eigenvalue weighted by Crippen LogP contribution is 2.55. The van der Waals surface area contributed by atoms with Crippen LogP contribution in [0, 0.1) is 5.92 Å². The molecular formula is C29H18Cl2F3N3O4S2. The highest BCUT2D eigenvalue weighted by atomic mass is 35.5. The Labute approximate surface area is 260 Å². The van der Waals surface area contributed by atoms with Gasteiger partial charge in [-0.1, -0.05) is 88.8 Å². The number of nitrogens with zero attached hydrogens (tertiary/aromatic N) is 2. The van der Waals surface area contributed by atoms with Gasteiger partial charge in [0.1, 0.15) is 11.8 Å². The molecule has 14 heteroatoms. The van der Waals surface area contributed by atoms with Crippen molar-refractivity contribution < 1.29 is 27.6 Å². The van der Waals surface area contributed by atoms with Crippen molar-refractivity contribution in [3.8, 4) is 0 Å². The van der Waals surface area contributed by atoms with Crippen LogP contribution in [0.2, 0.25) is 10.0 Å². The molecule has 3 heterocycles. The number of alkyl halides is 3. The molecule has 7 nitrogen and oxygen atoms in total. The number of thiazole rings is 1. The number of halogens is 5. The maximum atomic E-state index is 13.9. The van der Waals surface area contributed by atoms with Crippen LogP contribution in [0.5, 0.6) is 0 Å². The van der Waals surface area contributed by atoms with E-state index in [1.54, 1.807) is 48.5 Å². The summed E-state index contributed by atoms with van der Waals surface area (Å²) >= 11 is 14.7. The van der Waals surface area contributed by atoms with E-state index in [1.165, 1.54) is 12.1 Å². The molecule has 1 saturated heterocycles. The molecule has 220 valence electrons. The van der Waals surface area contributed by atoms with Crippen molar-refractivity contribution in [1.29, 1.82) is 0 Å². The molecule has 0 unspecified atom stereocenters. The molecule has 4 aromatic rings. The number of nitrogens with one attached hydrogen (secondary N) is 1. The molecule has 43 heavy (non-hydrogen) atoms. The zero-order valence-electron chi connectivity index (χ0n) is 21.6. The summed E-state index contributed by atoms with van der Waals surface area (Å²) in [6.07, 6.45) is -4.71. The van der Waals surface area contributed by atoms with E-state index in [0.717, 1.165) is 44.7 Å². The van der Waals surface area contributed by atoms with E-state index in [1.807, 2.05) is 0 Å². The van der Waals surface area contributed by atoms with Gasteiger partial charge in [0.2, 0.25) is 17.7 Å². The van der Waals surface area contributed by atoms with Crippen LogP contribution >= 0.6 is 46.3 Å². The highest BCUT2D eigenvalue weighted by Gasteiger charge is 2.57. The van der Waals surface area contributed by atoms with Gasteiger partial charge in [0.25, 0.3) is 0 Å². The minimum Gasteiger partial charge on any atom is -0.324 e. The van der Waals surface area contributed by atoms with E-state index < -0.39 is 63.7 Å². The Hall–Kier alpha value is -3.58. The second-order valence-electron chi connectivity index (χ2n) is 9.75. The molecule has 0 saturated carbocycles. The topological polar surface area (TPSA) is 88.5 Å². The molecule has 3 aromatic carbocycles. The quantitative estimate of drug-likeness (QED) is 0.241. The number of imide groups is 1. The molecule has 2 aliphatic rings. The van der Waals surface area contributed by atoms with Crippen molar-refractivity contribution in [3.05, 3.63) is 109 Å². The van der Waals surface area contributed by atoms with Crippen LogP contribution in [0.4, 0.5) is 24.5 Å². The number of rotatable bonds is 5. The number of benzene rings is 3. The lowest BCUT2D eigenvalue weighted by atomic mass is 9.83. The summed E-state index contributed by atoms with van der Waals surface area (Å²) in [5, 5.41) is 1.89. The fraction of sp³-hybridized carbons (Fsp3) is 0.172. The van der Waals surface area contributed by atoms with Crippen molar-refractivity contribution >= 4 is 75.4 Å². The zero-order valence-corrected chi connectivity index (χ0v) is 24.7. The number of carbonyl (C=O) groups is 3. The molecule has 1 N–H and O–H groups in total. The summed E-state index contributed by atoms with van der Waals surface area (Å²) in [6, 6.07) is 17.8. The van der Waals surface area contributed by atoms with Crippen LogP contribution in [0.3, 0.4) is 0 Å². The van der Waals surface area contributed by atoms with Crippen molar-refractivity contribution in [3.63, 3.8) is 0 Å². The van der Waals surface area contributed by atoms with Gasteiger partial charge in [-0.2, -0.15) is 13.2 Å². The van der Waals surface area contributed by atoms with Crippen molar-refractivity contribution in [2.24, 2.45) is 5.92 Å². The first-order valence-corrected chi connectivity index (χ1v) is 15.2. The van der Waals surface area contributed by atoms with E-state index in [0.29, 0.717) is 16.1 Å². The molecule has 0 radical (unpaired) electrons. The van der Waals surface area contributed by atoms with Crippen LogP contribution < -0.4 is 15.1 Å². The van der Waals surface area contributed by atoms with E-state index in [9.17, 15) is 32.3 Å². The Morgan fingerprint density at radius 3 is 2.33 bits per heavy atom. The summed E-state index contributed by atoms with van der Waals surface area (Å²) in [7, 11) is 0. The van der Waals surface area contributed by atoms with Crippen LogP contribution in [0.25, 0.3) is 0 Å². The van der Waals surface area contributed by atoms with Crippen molar-refractivity contribution in [2.75, 3.05) is 10.2 Å². The molecule has 2 aliphatic heterocycles. The molecule has 1 fully saturated rings. The number of hydrogen-bond donors (Lipinski definition) is 1. The number of amides is 3. The molecule has 3 atom stereocenters. The Balaban J connectivity index is 1.42. The van der Waals surface area contributed by atoms with Gasteiger partial charge >= 0.3 is 11.0 Å². The minimum atomic E-state index is -4.71. The molecule has 0 spiro atoms. The van der Waals surface area contributed by atoms with E-state index in [2.05, 4.69) is 5.32 Å². The Morgan fingerprint density at radius 2 is 1.60 bits per heavy atom. The lowest BCUT2D eigenvalue weighted by Gasteiger charge is -2.31. The van der Waals surface area contributed by atoms with Gasteiger partial charge in [0.05, 0.1) is 37.9 Å². The maximum Gasteiger partial charge on any atom is 0.418 e. The minimum absolute atomic E-state index is 0.151. The van der Waals surface area contributed by atoms with Crippen molar-refractivity contribution in [2.45, 2.75) is 28.9 Å². The zero-order chi connectivity index (χ0) is 30.6. The van der Waals surface area contributed by atoms with Gasteiger partial charge < -0.3 is 5.32 Å². The third-order valence-electron chi connectivity index (χ3n) is 7.19. The molecule has 6 rings (SSSR count). The number of aromatic nitrogens is 1. The Kier molecular flexibility index (Phi) is 7.66. The predicted octanol–water partition coefficient (Wildman–Crippen LogP) is 6.67. The van der Waals surface area contributed by atoms with Gasteiger partial charge in [-0.15, -0.1) is 0 Å². The second-order valence-corrected chi connectivity index (χ2v) is 12.7. The number of anilines is 2. The third-order valence-corrected chi connectivity index (χ3v) is 10.6. The van der Waals surface area contributed by atoms with Crippen LogP contribution in [0.15, 0.2) is 82.6 Å². The third kappa shape index (κ3) is 5.16. The van der Waals surface area contributed by atoms with Crippen molar-refractivity contribution in [1.82, 2.24) is 4.57 Å². The molecule has 3 amide bonds. The van der Waals surface area contributed by atoms with Gasteiger partial charge in [-0.25, -0.2) is 4.90 Å². The van der Waals surface area contributed by atoms with Gasteiger partial charge in [-0.05, 0) is 35.9 Å². The Bertz CT molecular complexity index is 1840. The average molecular weight is 665 g/mol. The van der Waals surface area contributed by atoms with Crippen LogP contribution in [-0.4, -0.2) is 27.5 Å².